The normalized spacial score (nSPS) is 16.8. The highest BCUT2D eigenvalue weighted by Gasteiger charge is 2.39. The van der Waals surface area contributed by atoms with Gasteiger partial charge in [0.2, 0.25) is 15.9 Å². The maximum absolute atomic E-state index is 13.2. The smallest absolute Gasteiger partial charge is 0.243 e. The summed E-state index contributed by atoms with van der Waals surface area (Å²) < 4.78 is 63.8. The van der Waals surface area contributed by atoms with Crippen molar-refractivity contribution in [2.75, 3.05) is 12.8 Å². The van der Waals surface area contributed by atoms with E-state index in [1.165, 1.54) is 16.4 Å². The molecule has 1 aliphatic rings. The molecule has 1 atom stereocenters. The van der Waals surface area contributed by atoms with Gasteiger partial charge in [0.25, 0.3) is 0 Å². The molecule has 1 aliphatic heterocycles. The number of carbonyl (C=O) groups is 1. The van der Waals surface area contributed by atoms with E-state index < -0.39 is 37.6 Å². The molecule has 4 rings (SSSR count). The Hall–Kier alpha value is -3.08. The Kier molecular flexibility index (Phi) is 7.07. The molecule has 0 aliphatic carbocycles. The van der Waals surface area contributed by atoms with Crippen molar-refractivity contribution in [1.29, 1.82) is 0 Å². The van der Waals surface area contributed by atoms with Gasteiger partial charge in [0, 0.05) is 19.3 Å². The molecule has 1 unspecified atom stereocenters. The zero-order valence-corrected chi connectivity index (χ0v) is 20.6. The third-order valence-corrected chi connectivity index (χ3v) is 8.99. The Morgan fingerprint density at radius 2 is 1.60 bits per heavy atom. The van der Waals surface area contributed by atoms with E-state index in [-0.39, 0.29) is 22.9 Å². The minimum absolute atomic E-state index is 0.0480. The van der Waals surface area contributed by atoms with Crippen molar-refractivity contribution in [3.63, 3.8) is 0 Å². The van der Waals surface area contributed by atoms with Crippen LogP contribution in [0, 0.1) is 5.82 Å². The van der Waals surface area contributed by atoms with E-state index in [1.807, 2.05) is 24.3 Å². The molecule has 35 heavy (non-hydrogen) atoms. The molecule has 0 radical (unpaired) electrons. The minimum Gasteiger partial charge on any atom is -0.351 e. The zero-order valence-electron chi connectivity index (χ0n) is 19.0. The summed E-state index contributed by atoms with van der Waals surface area (Å²) in [6, 6.07) is 17.7. The maximum atomic E-state index is 13.2. The van der Waals surface area contributed by atoms with Gasteiger partial charge in [-0.15, -0.1) is 0 Å². The summed E-state index contributed by atoms with van der Waals surface area (Å²) in [5.74, 6) is -0.927. The van der Waals surface area contributed by atoms with Gasteiger partial charge in [-0.2, -0.15) is 4.31 Å². The second-order valence-electron chi connectivity index (χ2n) is 8.44. The summed E-state index contributed by atoms with van der Waals surface area (Å²) >= 11 is 0. The number of hydrogen-bond donors (Lipinski definition) is 1. The summed E-state index contributed by atoms with van der Waals surface area (Å²) in [5, 5.41) is 2.83. The van der Waals surface area contributed by atoms with Gasteiger partial charge in [0.15, 0.2) is 9.84 Å². The van der Waals surface area contributed by atoms with Crippen molar-refractivity contribution in [2.45, 2.75) is 35.2 Å². The number of benzene rings is 3. The fraction of sp³-hybridized carbons (Fsp3) is 0.240. The lowest BCUT2D eigenvalue weighted by atomic mass is 10.0. The number of carbonyl (C=O) groups excluding carboxylic acids is 1. The zero-order chi connectivity index (χ0) is 25.2. The second-order valence-corrected chi connectivity index (χ2v) is 12.3. The third kappa shape index (κ3) is 5.61. The third-order valence-electron chi connectivity index (χ3n) is 5.94. The number of sulfonamides is 1. The van der Waals surface area contributed by atoms with Crippen LogP contribution >= 0.6 is 0 Å². The van der Waals surface area contributed by atoms with E-state index >= 15 is 0 Å². The first kappa shape index (κ1) is 25.0. The summed E-state index contributed by atoms with van der Waals surface area (Å²) in [6.45, 7) is 0.422. The highest BCUT2D eigenvalue weighted by atomic mass is 32.2. The Morgan fingerprint density at radius 3 is 2.26 bits per heavy atom. The highest BCUT2D eigenvalue weighted by molar-refractivity contribution is 7.90. The highest BCUT2D eigenvalue weighted by Crippen LogP contribution is 2.27. The SMILES string of the molecule is CS(=O)(=O)c1ccc(-c2cccc(CNC(=O)C3CCCN3S(=O)(=O)c3ccc(F)cc3)c2)cc1. The van der Waals surface area contributed by atoms with Crippen LogP contribution in [0.25, 0.3) is 11.1 Å². The number of nitrogens with zero attached hydrogens (tertiary/aromatic N) is 1. The van der Waals surface area contributed by atoms with E-state index in [2.05, 4.69) is 5.32 Å². The molecule has 0 aromatic heterocycles. The van der Waals surface area contributed by atoms with Gasteiger partial charge >= 0.3 is 0 Å². The minimum atomic E-state index is -3.93. The summed E-state index contributed by atoms with van der Waals surface area (Å²) in [6.07, 6.45) is 2.11. The van der Waals surface area contributed by atoms with Gasteiger partial charge in [-0.25, -0.2) is 21.2 Å². The van der Waals surface area contributed by atoms with Crippen molar-refractivity contribution < 1.29 is 26.0 Å². The molecule has 1 heterocycles. The molecule has 3 aromatic rings. The van der Waals surface area contributed by atoms with Gasteiger partial charge in [0.05, 0.1) is 9.79 Å². The largest absolute Gasteiger partial charge is 0.351 e. The number of amides is 1. The summed E-state index contributed by atoms with van der Waals surface area (Å²) in [5.41, 5.74) is 2.50. The van der Waals surface area contributed by atoms with Gasteiger partial charge < -0.3 is 5.32 Å². The van der Waals surface area contributed by atoms with Crippen LogP contribution in [0.5, 0.6) is 0 Å². The van der Waals surface area contributed by atoms with Gasteiger partial charge in [-0.05, 0) is 72.0 Å². The van der Waals surface area contributed by atoms with E-state index in [9.17, 15) is 26.0 Å². The van der Waals surface area contributed by atoms with Crippen LogP contribution < -0.4 is 5.32 Å². The van der Waals surface area contributed by atoms with Crippen molar-refractivity contribution in [3.05, 3.63) is 84.2 Å². The molecule has 0 bridgehead atoms. The monoisotopic (exact) mass is 516 g/mol. The quantitative estimate of drug-likeness (QED) is 0.519. The molecule has 7 nitrogen and oxygen atoms in total. The average molecular weight is 517 g/mol. The molecule has 1 saturated heterocycles. The van der Waals surface area contributed by atoms with Crippen LogP contribution in [0.2, 0.25) is 0 Å². The number of halogens is 1. The van der Waals surface area contributed by atoms with E-state index in [0.29, 0.717) is 12.8 Å². The van der Waals surface area contributed by atoms with Crippen LogP contribution in [-0.4, -0.2) is 45.9 Å². The van der Waals surface area contributed by atoms with Crippen molar-refractivity contribution >= 4 is 25.8 Å². The first-order valence-electron chi connectivity index (χ1n) is 11.0. The first-order chi connectivity index (χ1) is 16.6. The lowest BCUT2D eigenvalue weighted by molar-refractivity contribution is -0.124. The number of nitrogens with one attached hydrogen (secondary N) is 1. The lowest BCUT2D eigenvalue weighted by Gasteiger charge is -2.23. The van der Waals surface area contributed by atoms with E-state index in [4.69, 9.17) is 0 Å². The number of hydrogen-bond acceptors (Lipinski definition) is 5. The Bertz CT molecular complexity index is 1440. The van der Waals surface area contributed by atoms with E-state index in [1.54, 1.807) is 24.3 Å². The van der Waals surface area contributed by atoms with Gasteiger partial charge in [-0.1, -0.05) is 30.3 Å². The Labute approximate surface area is 204 Å². The topological polar surface area (TPSA) is 101 Å². The molecule has 1 amide bonds. The van der Waals surface area contributed by atoms with Crippen molar-refractivity contribution in [1.82, 2.24) is 9.62 Å². The second kappa shape index (κ2) is 9.88. The van der Waals surface area contributed by atoms with Crippen LogP contribution in [0.15, 0.2) is 82.6 Å². The number of sulfone groups is 1. The first-order valence-corrected chi connectivity index (χ1v) is 14.3. The predicted molar refractivity (Wildman–Crippen MR) is 130 cm³/mol. The molecule has 10 heteroatoms. The maximum Gasteiger partial charge on any atom is 0.243 e. The van der Waals surface area contributed by atoms with Crippen LogP contribution in [-0.2, 0) is 31.2 Å². The van der Waals surface area contributed by atoms with E-state index in [0.717, 1.165) is 35.1 Å². The standard InChI is InChI=1S/C25H25FN2O5S2/c1-34(30,31)22-11-7-19(8-12-22)20-5-2-4-18(16-20)17-27-25(29)24-6-3-15-28(24)35(32,33)23-13-9-21(26)10-14-23/h2,4-5,7-14,16,24H,3,6,15,17H2,1H3,(H,27,29). The van der Waals surface area contributed by atoms with Crippen LogP contribution in [0.4, 0.5) is 4.39 Å². The fourth-order valence-electron chi connectivity index (χ4n) is 4.09. The van der Waals surface area contributed by atoms with Crippen molar-refractivity contribution in [2.24, 2.45) is 0 Å². The van der Waals surface area contributed by atoms with Crippen molar-refractivity contribution in [3.8, 4) is 11.1 Å². The molecule has 1 fully saturated rings. The average Bonchev–Trinajstić information content (AvgIpc) is 3.34. The molecular formula is C25H25FN2O5S2. The molecule has 0 saturated carbocycles. The summed E-state index contributed by atoms with van der Waals surface area (Å²) in [7, 11) is -7.21. The number of rotatable bonds is 7. The Morgan fingerprint density at radius 1 is 0.943 bits per heavy atom. The summed E-state index contributed by atoms with van der Waals surface area (Å²) in [4.78, 5) is 13.1. The van der Waals surface area contributed by atoms with Crippen LogP contribution in [0.3, 0.4) is 0 Å². The van der Waals surface area contributed by atoms with Gasteiger partial charge in [-0.3, -0.25) is 4.79 Å². The predicted octanol–water partition coefficient (Wildman–Crippen LogP) is 3.37. The lowest BCUT2D eigenvalue weighted by Crippen LogP contribution is -2.45. The Balaban J connectivity index is 1.45. The van der Waals surface area contributed by atoms with Crippen LogP contribution in [0.1, 0.15) is 18.4 Å². The molecule has 0 spiro atoms. The van der Waals surface area contributed by atoms with Gasteiger partial charge in [0.1, 0.15) is 11.9 Å². The molecule has 1 N–H and O–H groups in total. The molecular weight excluding hydrogens is 491 g/mol. The molecule has 3 aromatic carbocycles. The molecule has 184 valence electrons. The fourth-order valence-corrected chi connectivity index (χ4v) is 6.38.